The summed E-state index contributed by atoms with van der Waals surface area (Å²) >= 11 is 0. The second kappa shape index (κ2) is 5.28. The van der Waals surface area contributed by atoms with Gasteiger partial charge in [-0.05, 0) is 58.3 Å². The molecule has 2 unspecified atom stereocenters. The molecule has 0 spiro atoms. The van der Waals surface area contributed by atoms with Crippen molar-refractivity contribution < 1.29 is 4.74 Å². The number of rotatable bonds is 3. The largest absolute Gasteiger partial charge is 0.381 e. The predicted octanol–water partition coefficient (Wildman–Crippen LogP) is 0.953. The molecule has 0 aromatic carbocycles. The van der Waals surface area contributed by atoms with Gasteiger partial charge in [0, 0.05) is 19.3 Å². The minimum Gasteiger partial charge on any atom is -0.381 e. The van der Waals surface area contributed by atoms with Gasteiger partial charge in [0.1, 0.15) is 0 Å². The molecule has 3 heteroatoms. The van der Waals surface area contributed by atoms with E-state index in [0.29, 0.717) is 0 Å². The highest BCUT2D eigenvalue weighted by Crippen LogP contribution is 2.29. The van der Waals surface area contributed by atoms with Crippen molar-refractivity contribution >= 4 is 0 Å². The SMILES string of the molecule is CN(C)C(C1CCOCC1)C1CCNC1. The Balaban J connectivity index is 1.97. The van der Waals surface area contributed by atoms with Crippen LogP contribution in [0, 0.1) is 11.8 Å². The zero-order valence-electron chi connectivity index (χ0n) is 10.0. The normalized spacial score (nSPS) is 31.0. The van der Waals surface area contributed by atoms with E-state index in [1.165, 1.54) is 32.4 Å². The van der Waals surface area contributed by atoms with E-state index in [2.05, 4.69) is 24.3 Å². The van der Waals surface area contributed by atoms with E-state index >= 15 is 0 Å². The number of hydrogen-bond acceptors (Lipinski definition) is 3. The highest BCUT2D eigenvalue weighted by atomic mass is 16.5. The van der Waals surface area contributed by atoms with Crippen LogP contribution in [0.25, 0.3) is 0 Å². The highest BCUT2D eigenvalue weighted by Gasteiger charge is 2.33. The van der Waals surface area contributed by atoms with E-state index in [9.17, 15) is 0 Å². The molecule has 2 saturated heterocycles. The Bertz CT molecular complexity index is 184. The van der Waals surface area contributed by atoms with Crippen LogP contribution in [-0.2, 0) is 4.74 Å². The molecule has 88 valence electrons. The zero-order chi connectivity index (χ0) is 10.7. The Hall–Kier alpha value is -0.120. The summed E-state index contributed by atoms with van der Waals surface area (Å²) in [5.41, 5.74) is 0. The van der Waals surface area contributed by atoms with E-state index in [0.717, 1.165) is 31.1 Å². The molecule has 2 atom stereocenters. The lowest BCUT2D eigenvalue weighted by molar-refractivity contribution is 0.0231. The van der Waals surface area contributed by atoms with Crippen LogP contribution in [0.15, 0.2) is 0 Å². The quantitative estimate of drug-likeness (QED) is 0.754. The summed E-state index contributed by atoms with van der Waals surface area (Å²) in [4.78, 5) is 2.44. The topological polar surface area (TPSA) is 24.5 Å². The summed E-state index contributed by atoms with van der Waals surface area (Å²) in [6.45, 7) is 4.35. The predicted molar refractivity (Wildman–Crippen MR) is 62.0 cm³/mol. The molecule has 2 aliphatic rings. The van der Waals surface area contributed by atoms with Crippen LogP contribution in [0.4, 0.5) is 0 Å². The van der Waals surface area contributed by atoms with Crippen LogP contribution in [0.5, 0.6) is 0 Å². The Kier molecular flexibility index (Phi) is 4.00. The van der Waals surface area contributed by atoms with Gasteiger partial charge in [0.25, 0.3) is 0 Å². The molecule has 2 aliphatic heterocycles. The van der Waals surface area contributed by atoms with Crippen molar-refractivity contribution in [3.8, 4) is 0 Å². The van der Waals surface area contributed by atoms with E-state index in [4.69, 9.17) is 4.74 Å². The van der Waals surface area contributed by atoms with E-state index in [-0.39, 0.29) is 0 Å². The van der Waals surface area contributed by atoms with Crippen molar-refractivity contribution in [1.82, 2.24) is 10.2 Å². The lowest BCUT2D eigenvalue weighted by atomic mass is 9.82. The summed E-state index contributed by atoms with van der Waals surface area (Å²) < 4.78 is 5.46. The third-order valence-corrected chi connectivity index (χ3v) is 3.93. The first-order valence-corrected chi connectivity index (χ1v) is 6.24. The van der Waals surface area contributed by atoms with Gasteiger partial charge in [-0.1, -0.05) is 0 Å². The Morgan fingerprint density at radius 1 is 1.13 bits per heavy atom. The molecule has 0 aromatic rings. The molecular formula is C12H24N2O. The maximum atomic E-state index is 5.46. The number of nitrogens with zero attached hydrogens (tertiary/aromatic N) is 1. The van der Waals surface area contributed by atoms with Crippen molar-refractivity contribution in [2.45, 2.75) is 25.3 Å². The Morgan fingerprint density at radius 2 is 1.87 bits per heavy atom. The lowest BCUT2D eigenvalue weighted by Crippen LogP contribution is -2.44. The van der Waals surface area contributed by atoms with Crippen LogP contribution in [0.1, 0.15) is 19.3 Å². The molecule has 2 fully saturated rings. The molecule has 15 heavy (non-hydrogen) atoms. The Morgan fingerprint density at radius 3 is 2.40 bits per heavy atom. The van der Waals surface area contributed by atoms with Gasteiger partial charge < -0.3 is 15.0 Å². The summed E-state index contributed by atoms with van der Waals surface area (Å²) in [6, 6.07) is 0.754. The average molecular weight is 212 g/mol. The smallest absolute Gasteiger partial charge is 0.0469 e. The van der Waals surface area contributed by atoms with E-state index < -0.39 is 0 Å². The molecule has 0 radical (unpaired) electrons. The fraction of sp³-hybridized carbons (Fsp3) is 1.00. The van der Waals surface area contributed by atoms with Crippen LogP contribution >= 0.6 is 0 Å². The van der Waals surface area contributed by atoms with Gasteiger partial charge in [0.05, 0.1) is 0 Å². The third-order valence-electron chi connectivity index (χ3n) is 3.93. The average Bonchev–Trinajstić information content (AvgIpc) is 2.72. The second-order valence-corrected chi connectivity index (χ2v) is 5.16. The van der Waals surface area contributed by atoms with Crippen molar-refractivity contribution in [3.63, 3.8) is 0 Å². The first kappa shape index (κ1) is 11.4. The zero-order valence-corrected chi connectivity index (χ0v) is 10.0. The van der Waals surface area contributed by atoms with Crippen LogP contribution in [0.3, 0.4) is 0 Å². The maximum absolute atomic E-state index is 5.46. The third kappa shape index (κ3) is 2.71. The first-order chi connectivity index (χ1) is 7.29. The van der Waals surface area contributed by atoms with Gasteiger partial charge in [0.15, 0.2) is 0 Å². The monoisotopic (exact) mass is 212 g/mol. The first-order valence-electron chi connectivity index (χ1n) is 6.24. The van der Waals surface area contributed by atoms with Crippen LogP contribution < -0.4 is 5.32 Å². The second-order valence-electron chi connectivity index (χ2n) is 5.16. The van der Waals surface area contributed by atoms with Gasteiger partial charge in [-0.15, -0.1) is 0 Å². The maximum Gasteiger partial charge on any atom is 0.0469 e. The summed E-state index contributed by atoms with van der Waals surface area (Å²) in [5.74, 6) is 1.70. The number of hydrogen-bond donors (Lipinski definition) is 1. The van der Waals surface area contributed by atoms with E-state index in [1.54, 1.807) is 0 Å². The molecule has 0 amide bonds. The summed E-state index contributed by atoms with van der Waals surface area (Å²) in [5, 5.41) is 3.49. The van der Waals surface area contributed by atoms with Crippen molar-refractivity contribution in [3.05, 3.63) is 0 Å². The van der Waals surface area contributed by atoms with Crippen molar-refractivity contribution in [1.29, 1.82) is 0 Å². The molecule has 1 N–H and O–H groups in total. The van der Waals surface area contributed by atoms with Gasteiger partial charge in [0.2, 0.25) is 0 Å². The fourth-order valence-corrected chi connectivity index (χ4v) is 3.25. The molecule has 2 heterocycles. The summed E-state index contributed by atoms with van der Waals surface area (Å²) in [6.07, 6.45) is 3.85. The van der Waals surface area contributed by atoms with E-state index in [1.807, 2.05) is 0 Å². The van der Waals surface area contributed by atoms with Gasteiger partial charge in [-0.3, -0.25) is 0 Å². The molecule has 0 saturated carbocycles. The molecule has 0 aliphatic carbocycles. The summed E-state index contributed by atoms with van der Waals surface area (Å²) in [7, 11) is 4.47. The molecule has 2 rings (SSSR count). The van der Waals surface area contributed by atoms with Crippen molar-refractivity contribution in [2.24, 2.45) is 11.8 Å². The lowest BCUT2D eigenvalue weighted by Gasteiger charge is -2.38. The minimum atomic E-state index is 0.754. The van der Waals surface area contributed by atoms with Crippen LogP contribution in [-0.4, -0.2) is 51.3 Å². The molecule has 3 nitrogen and oxygen atoms in total. The number of nitrogens with one attached hydrogen (secondary N) is 1. The van der Waals surface area contributed by atoms with Gasteiger partial charge >= 0.3 is 0 Å². The number of ether oxygens (including phenoxy) is 1. The Labute approximate surface area is 93.2 Å². The van der Waals surface area contributed by atoms with Gasteiger partial charge in [-0.2, -0.15) is 0 Å². The van der Waals surface area contributed by atoms with Crippen molar-refractivity contribution in [2.75, 3.05) is 40.4 Å². The van der Waals surface area contributed by atoms with Crippen LogP contribution in [0.2, 0.25) is 0 Å². The molecule has 0 bridgehead atoms. The minimum absolute atomic E-state index is 0.754. The molecule has 0 aromatic heterocycles. The fourth-order valence-electron chi connectivity index (χ4n) is 3.25. The molecular weight excluding hydrogens is 188 g/mol. The highest BCUT2D eigenvalue weighted by molar-refractivity contribution is 4.88. The standard InChI is InChI=1S/C12H24N2O/c1-14(2)12(11-3-6-13-9-11)10-4-7-15-8-5-10/h10-13H,3-9H2,1-2H3. The van der Waals surface area contributed by atoms with Gasteiger partial charge in [-0.25, -0.2) is 0 Å².